The number of nitrogens with zero attached hydrogens (tertiary/aromatic N) is 1. The van der Waals surface area contributed by atoms with Gasteiger partial charge < -0.3 is 19.7 Å². The molecule has 0 spiro atoms. The average molecular weight is 392 g/mol. The molecule has 152 valence electrons. The van der Waals surface area contributed by atoms with Crippen molar-refractivity contribution in [1.29, 1.82) is 0 Å². The normalized spacial score (nSPS) is 23.4. The van der Waals surface area contributed by atoms with Crippen molar-refractivity contribution in [3.63, 3.8) is 0 Å². The molecule has 2 aliphatic rings. The van der Waals surface area contributed by atoms with Gasteiger partial charge in [-0.25, -0.2) is 0 Å². The molecule has 2 aromatic rings. The van der Waals surface area contributed by atoms with Crippen molar-refractivity contribution in [3.05, 3.63) is 72.3 Å². The molecule has 2 heterocycles. The lowest BCUT2D eigenvalue weighted by molar-refractivity contribution is 0.0187. The Morgan fingerprint density at radius 1 is 1.28 bits per heavy atom. The van der Waals surface area contributed by atoms with Gasteiger partial charge in [0.2, 0.25) is 0 Å². The van der Waals surface area contributed by atoms with E-state index in [-0.39, 0.29) is 12.0 Å². The molecule has 0 aromatic heterocycles. The van der Waals surface area contributed by atoms with Crippen molar-refractivity contribution < 1.29 is 14.3 Å². The van der Waals surface area contributed by atoms with Crippen molar-refractivity contribution >= 4 is 11.6 Å². The highest BCUT2D eigenvalue weighted by Crippen LogP contribution is 2.41. The summed E-state index contributed by atoms with van der Waals surface area (Å²) >= 11 is 0. The van der Waals surface area contributed by atoms with Crippen LogP contribution in [0.4, 0.5) is 5.69 Å². The van der Waals surface area contributed by atoms with Crippen LogP contribution in [0.3, 0.4) is 0 Å². The number of anilines is 1. The molecule has 2 atom stereocenters. The maximum absolute atomic E-state index is 13.6. The van der Waals surface area contributed by atoms with E-state index < -0.39 is 5.66 Å². The van der Waals surface area contributed by atoms with Crippen LogP contribution in [0.5, 0.6) is 5.75 Å². The summed E-state index contributed by atoms with van der Waals surface area (Å²) in [5.74, 6) is 0.830. The third-order valence-corrected chi connectivity index (χ3v) is 5.83. The molecule has 0 bridgehead atoms. The predicted octanol–water partition coefficient (Wildman–Crippen LogP) is 4.56. The first-order valence-corrected chi connectivity index (χ1v) is 10.3. The van der Waals surface area contributed by atoms with Crippen LogP contribution in [0.1, 0.15) is 42.1 Å². The van der Waals surface area contributed by atoms with Crippen LogP contribution in [-0.4, -0.2) is 36.7 Å². The minimum atomic E-state index is -0.631. The largest absolute Gasteiger partial charge is 0.490 e. The van der Waals surface area contributed by atoms with Crippen molar-refractivity contribution in [3.8, 4) is 5.75 Å². The van der Waals surface area contributed by atoms with Crippen LogP contribution >= 0.6 is 0 Å². The summed E-state index contributed by atoms with van der Waals surface area (Å²) in [5.41, 5.74) is 1.98. The molecule has 2 aromatic carbocycles. The van der Waals surface area contributed by atoms with E-state index in [9.17, 15) is 4.79 Å². The minimum Gasteiger partial charge on any atom is -0.490 e. The lowest BCUT2D eigenvalue weighted by Gasteiger charge is -2.49. The van der Waals surface area contributed by atoms with E-state index in [1.807, 2.05) is 53.4 Å². The molecule has 29 heavy (non-hydrogen) atoms. The molecule has 1 saturated heterocycles. The number of fused-ring (bicyclic) bond motifs is 1. The van der Waals surface area contributed by atoms with Crippen LogP contribution < -0.4 is 10.1 Å². The molecule has 2 aliphatic heterocycles. The van der Waals surface area contributed by atoms with Gasteiger partial charge in [-0.15, -0.1) is 0 Å². The fourth-order valence-electron chi connectivity index (χ4n) is 4.31. The van der Waals surface area contributed by atoms with E-state index in [4.69, 9.17) is 9.47 Å². The number of amides is 1. The fraction of sp³-hybridized carbons (Fsp3) is 0.375. The number of rotatable bonds is 7. The third-order valence-electron chi connectivity index (χ3n) is 5.83. The first-order valence-electron chi connectivity index (χ1n) is 10.3. The second kappa shape index (κ2) is 8.29. The second-order valence-electron chi connectivity index (χ2n) is 7.56. The van der Waals surface area contributed by atoms with Gasteiger partial charge in [-0.3, -0.25) is 4.79 Å². The van der Waals surface area contributed by atoms with E-state index in [2.05, 4.69) is 18.8 Å². The van der Waals surface area contributed by atoms with Crippen molar-refractivity contribution in [2.75, 3.05) is 25.1 Å². The summed E-state index contributed by atoms with van der Waals surface area (Å²) in [4.78, 5) is 15.5. The van der Waals surface area contributed by atoms with E-state index in [0.29, 0.717) is 18.7 Å². The summed E-state index contributed by atoms with van der Waals surface area (Å²) in [7, 11) is 0. The Balaban J connectivity index is 1.74. The van der Waals surface area contributed by atoms with Crippen molar-refractivity contribution in [2.24, 2.45) is 0 Å². The van der Waals surface area contributed by atoms with Gasteiger partial charge in [0.05, 0.1) is 11.7 Å². The van der Waals surface area contributed by atoms with E-state index in [1.54, 1.807) is 6.08 Å². The van der Waals surface area contributed by atoms with Crippen molar-refractivity contribution in [1.82, 2.24) is 4.90 Å². The van der Waals surface area contributed by atoms with Crippen LogP contribution in [0.15, 0.2) is 61.2 Å². The zero-order valence-corrected chi connectivity index (χ0v) is 16.9. The first kappa shape index (κ1) is 19.5. The fourth-order valence-corrected chi connectivity index (χ4v) is 4.31. The van der Waals surface area contributed by atoms with E-state index in [0.717, 1.165) is 42.9 Å². The maximum Gasteiger partial charge on any atom is 0.258 e. The zero-order valence-electron chi connectivity index (χ0n) is 16.9. The SMILES string of the molecule is C=CCOc1ccc(C2(CC)Nc3ccccc3C(=O)N2CC2CCCO2)cc1. The number of hydrogen-bond donors (Lipinski definition) is 1. The Morgan fingerprint density at radius 2 is 2.07 bits per heavy atom. The van der Waals surface area contributed by atoms with E-state index >= 15 is 0 Å². The summed E-state index contributed by atoms with van der Waals surface area (Å²) < 4.78 is 11.5. The van der Waals surface area contributed by atoms with E-state index in [1.165, 1.54) is 0 Å². The number of benzene rings is 2. The molecule has 1 N–H and O–H groups in total. The predicted molar refractivity (Wildman–Crippen MR) is 114 cm³/mol. The average Bonchev–Trinajstić information content (AvgIpc) is 3.28. The third kappa shape index (κ3) is 3.62. The molecule has 5 nitrogen and oxygen atoms in total. The number of carbonyl (C=O) groups is 1. The molecular weight excluding hydrogens is 364 g/mol. The van der Waals surface area contributed by atoms with Gasteiger partial charge in [0.25, 0.3) is 5.91 Å². The summed E-state index contributed by atoms with van der Waals surface area (Å²) in [6.45, 7) is 7.61. The molecular formula is C24H28N2O3. The highest BCUT2D eigenvalue weighted by molar-refractivity contribution is 6.02. The molecule has 0 saturated carbocycles. The molecule has 0 radical (unpaired) electrons. The number of ether oxygens (including phenoxy) is 2. The number of para-hydroxylation sites is 1. The van der Waals surface area contributed by atoms with Gasteiger partial charge in [0.15, 0.2) is 0 Å². The molecule has 2 unspecified atom stereocenters. The number of hydrogen-bond acceptors (Lipinski definition) is 4. The van der Waals surface area contributed by atoms with Gasteiger partial charge >= 0.3 is 0 Å². The summed E-state index contributed by atoms with van der Waals surface area (Å²) in [6, 6.07) is 15.7. The highest BCUT2D eigenvalue weighted by Gasteiger charge is 2.45. The quantitative estimate of drug-likeness (QED) is 0.702. The van der Waals surface area contributed by atoms with Crippen LogP contribution in [-0.2, 0) is 10.4 Å². The monoisotopic (exact) mass is 392 g/mol. The Hall–Kier alpha value is -2.79. The van der Waals surface area contributed by atoms with Crippen LogP contribution in [0.25, 0.3) is 0 Å². The van der Waals surface area contributed by atoms with Gasteiger partial charge in [0, 0.05) is 18.8 Å². The highest BCUT2D eigenvalue weighted by atomic mass is 16.5. The Kier molecular flexibility index (Phi) is 5.58. The number of carbonyl (C=O) groups excluding carboxylic acids is 1. The number of nitrogens with one attached hydrogen (secondary N) is 1. The molecule has 1 fully saturated rings. The van der Waals surface area contributed by atoms with Gasteiger partial charge in [-0.05, 0) is 49.1 Å². The van der Waals surface area contributed by atoms with Crippen LogP contribution in [0, 0.1) is 0 Å². The summed E-state index contributed by atoms with van der Waals surface area (Å²) in [5, 5.41) is 3.69. The Bertz CT molecular complexity index is 874. The Labute approximate surface area is 172 Å². The minimum absolute atomic E-state index is 0.0451. The lowest BCUT2D eigenvalue weighted by Crippen LogP contribution is -2.59. The second-order valence-corrected chi connectivity index (χ2v) is 7.56. The standard InChI is InChI=1S/C24H28N2O3/c1-3-15-28-19-13-11-18(12-14-19)24(4-2)25-22-10-6-5-9-21(22)23(27)26(24)17-20-8-7-16-29-20/h3,5-6,9-14,20,25H,1,4,7-8,15-17H2,2H3. The van der Waals surface area contributed by atoms with Gasteiger partial charge in [-0.2, -0.15) is 0 Å². The molecule has 0 aliphatic carbocycles. The van der Waals surface area contributed by atoms with Crippen LogP contribution in [0.2, 0.25) is 0 Å². The molecule has 5 heteroatoms. The smallest absolute Gasteiger partial charge is 0.258 e. The van der Waals surface area contributed by atoms with Gasteiger partial charge in [-0.1, -0.05) is 43.8 Å². The lowest BCUT2D eigenvalue weighted by atomic mass is 9.89. The molecule has 1 amide bonds. The Morgan fingerprint density at radius 3 is 2.76 bits per heavy atom. The maximum atomic E-state index is 13.6. The van der Waals surface area contributed by atoms with Gasteiger partial charge in [0.1, 0.15) is 18.0 Å². The topological polar surface area (TPSA) is 50.8 Å². The summed E-state index contributed by atoms with van der Waals surface area (Å²) in [6.07, 6.45) is 4.56. The zero-order chi connectivity index (χ0) is 20.3. The molecule has 4 rings (SSSR count). The first-order chi connectivity index (χ1) is 14.2. The van der Waals surface area contributed by atoms with Crippen molar-refractivity contribution in [2.45, 2.75) is 38.0 Å².